The van der Waals surface area contributed by atoms with Gasteiger partial charge in [0.25, 0.3) is 5.91 Å². The predicted octanol–water partition coefficient (Wildman–Crippen LogP) is 2.18. The number of terminal acetylenes is 1. The standard InChI is InChI=1S/C21H18N2O7/c1-4-9-29-16-7-5-13(11-18(16)27-2)10-15-19(24)23(21(26)22-15)12-14-6-8-17(30-14)20(25)28-3/h1,5-8,10-11H,9,12H2,2-3H3,(H,22,26). The van der Waals surface area contributed by atoms with Crippen LogP contribution in [0.3, 0.4) is 0 Å². The first kappa shape index (κ1) is 20.5. The average Bonchev–Trinajstić information content (AvgIpc) is 3.32. The number of benzene rings is 1. The van der Waals surface area contributed by atoms with Crippen molar-refractivity contribution in [2.75, 3.05) is 20.8 Å². The molecule has 1 aliphatic heterocycles. The van der Waals surface area contributed by atoms with Gasteiger partial charge in [0.15, 0.2) is 11.5 Å². The maximum atomic E-state index is 12.6. The number of ether oxygens (including phenoxy) is 3. The van der Waals surface area contributed by atoms with E-state index in [4.69, 9.17) is 20.3 Å². The van der Waals surface area contributed by atoms with Crippen LogP contribution in [-0.2, 0) is 16.1 Å². The van der Waals surface area contributed by atoms with E-state index in [1.165, 1.54) is 32.4 Å². The first-order valence-corrected chi connectivity index (χ1v) is 8.72. The van der Waals surface area contributed by atoms with Gasteiger partial charge in [-0.25, -0.2) is 9.59 Å². The van der Waals surface area contributed by atoms with Gasteiger partial charge in [0.05, 0.1) is 20.8 Å². The first-order chi connectivity index (χ1) is 14.5. The fraction of sp³-hybridized carbons (Fsp3) is 0.190. The highest BCUT2D eigenvalue weighted by Gasteiger charge is 2.34. The van der Waals surface area contributed by atoms with Crippen molar-refractivity contribution < 1.29 is 33.0 Å². The summed E-state index contributed by atoms with van der Waals surface area (Å²) >= 11 is 0. The number of nitrogens with one attached hydrogen (secondary N) is 1. The van der Waals surface area contributed by atoms with Crippen molar-refractivity contribution in [3.63, 3.8) is 0 Å². The van der Waals surface area contributed by atoms with Crippen molar-refractivity contribution in [3.8, 4) is 23.8 Å². The number of furan rings is 1. The number of rotatable bonds is 7. The van der Waals surface area contributed by atoms with Gasteiger partial charge in [-0.1, -0.05) is 12.0 Å². The Bertz CT molecular complexity index is 1060. The Morgan fingerprint density at radius 1 is 1.23 bits per heavy atom. The molecule has 9 nitrogen and oxygen atoms in total. The Labute approximate surface area is 172 Å². The fourth-order valence-corrected chi connectivity index (χ4v) is 2.72. The van der Waals surface area contributed by atoms with E-state index in [0.717, 1.165) is 4.90 Å². The zero-order valence-corrected chi connectivity index (χ0v) is 16.3. The lowest BCUT2D eigenvalue weighted by Gasteiger charge is -2.10. The zero-order valence-electron chi connectivity index (χ0n) is 16.3. The van der Waals surface area contributed by atoms with Gasteiger partial charge < -0.3 is 23.9 Å². The summed E-state index contributed by atoms with van der Waals surface area (Å²) in [6.45, 7) is -0.0496. The molecule has 0 saturated carbocycles. The van der Waals surface area contributed by atoms with Crippen LogP contribution in [0.5, 0.6) is 11.5 Å². The second-order valence-electron chi connectivity index (χ2n) is 6.04. The number of carbonyl (C=O) groups excluding carboxylic acids is 3. The lowest BCUT2D eigenvalue weighted by Crippen LogP contribution is -2.30. The molecule has 0 bridgehead atoms. The minimum atomic E-state index is -0.650. The van der Waals surface area contributed by atoms with E-state index in [1.807, 2.05) is 0 Å². The van der Waals surface area contributed by atoms with Gasteiger partial charge in [-0.05, 0) is 35.9 Å². The molecule has 2 heterocycles. The van der Waals surface area contributed by atoms with E-state index in [2.05, 4.69) is 16.0 Å². The molecular formula is C21H18N2O7. The van der Waals surface area contributed by atoms with E-state index in [1.54, 1.807) is 18.2 Å². The number of methoxy groups -OCH3 is 2. The largest absolute Gasteiger partial charge is 0.493 e. The Kier molecular flexibility index (Phi) is 6.08. The molecule has 0 atom stereocenters. The van der Waals surface area contributed by atoms with Crippen molar-refractivity contribution in [2.24, 2.45) is 0 Å². The molecule has 1 aliphatic rings. The summed E-state index contributed by atoms with van der Waals surface area (Å²) in [4.78, 5) is 37.3. The summed E-state index contributed by atoms with van der Waals surface area (Å²) in [7, 11) is 2.70. The summed E-state index contributed by atoms with van der Waals surface area (Å²) in [5, 5.41) is 2.52. The first-order valence-electron chi connectivity index (χ1n) is 8.72. The van der Waals surface area contributed by atoms with Crippen molar-refractivity contribution in [1.82, 2.24) is 10.2 Å². The highest BCUT2D eigenvalue weighted by Crippen LogP contribution is 2.29. The third-order valence-electron chi connectivity index (χ3n) is 4.13. The highest BCUT2D eigenvalue weighted by molar-refractivity contribution is 6.13. The van der Waals surface area contributed by atoms with Crippen molar-refractivity contribution >= 4 is 24.0 Å². The molecule has 2 aromatic rings. The molecule has 1 fully saturated rings. The maximum absolute atomic E-state index is 12.6. The van der Waals surface area contributed by atoms with Crippen LogP contribution in [0.4, 0.5) is 4.79 Å². The number of urea groups is 1. The molecular weight excluding hydrogens is 392 g/mol. The van der Waals surface area contributed by atoms with Crippen molar-refractivity contribution in [1.29, 1.82) is 0 Å². The van der Waals surface area contributed by atoms with E-state index in [-0.39, 0.29) is 30.4 Å². The van der Waals surface area contributed by atoms with Crippen LogP contribution in [0.25, 0.3) is 6.08 Å². The van der Waals surface area contributed by atoms with Crippen LogP contribution in [0.2, 0.25) is 0 Å². The minimum absolute atomic E-state index is 0.0189. The van der Waals surface area contributed by atoms with Crippen LogP contribution in [0, 0.1) is 12.3 Å². The van der Waals surface area contributed by atoms with Crippen LogP contribution >= 0.6 is 0 Å². The lowest BCUT2D eigenvalue weighted by molar-refractivity contribution is -0.123. The fourth-order valence-electron chi connectivity index (χ4n) is 2.72. The smallest absolute Gasteiger partial charge is 0.373 e. The number of hydrogen-bond acceptors (Lipinski definition) is 7. The summed E-state index contributed by atoms with van der Waals surface area (Å²) in [5.74, 6) is 2.31. The normalized spacial score (nSPS) is 14.4. The Balaban J connectivity index is 1.77. The summed E-state index contributed by atoms with van der Waals surface area (Å²) in [6, 6.07) is 7.29. The lowest BCUT2D eigenvalue weighted by atomic mass is 10.1. The molecule has 0 radical (unpaired) electrons. The van der Waals surface area contributed by atoms with Gasteiger partial charge in [-0.15, -0.1) is 6.42 Å². The highest BCUT2D eigenvalue weighted by atomic mass is 16.5. The molecule has 1 aromatic heterocycles. The van der Waals surface area contributed by atoms with Crippen LogP contribution in [0.15, 0.2) is 40.4 Å². The summed E-state index contributed by atoms with van der Waals surface area (Å²) in [5.41, 5.74) is 0.690. The van der Waals surface area contributed by atoms with E-state index < -0.39 is 17.9 Å². The number of carbonyl (C=O) groups is 3. The number of esters is 1. The predicted molar refractivity (Wildman–Crippen MR) is 104 cm³/mol. The SMILES string of the molecule is C#CCOc1ccc(C=C2NC(=O)N(Cc3ccc(C(=O)OC)o3)C2=O)cc1OC. The molecule has 1 aromatic carbocycles. The third kappa shape index (κ3) is 4.28. The molecule has 3 amide bonds. The minimum Gasteiger partial charge on any atom is -0.493 e. The van der Waals surface area contributed by atoms with E-state index in [0.29, 0.717) is 17.1 Å². The summed E-state index contributed by atoms with van der Waals surface area (Å²) in [6.07, 6.45) is 6.70. The van der Waals surface area contributed by atoms with Crippen molar-refractivity contribution in [2.45, 2.75) is 6.54 Å². The molecule has 30 heavy (non-hydrogen) atoms. The van der Waals surface area contributed by atoms with E-state index in [9.17, 15) is 14.4 Å². The Morgan fingerprint density at radius 3 is 2.73 bits per heavy atom. The second-order valence-corrected chi connectivity index (χ2v) is 6.04. The third-order valence-corrected chi connectivity index (χ3v) is 4.13. The number of imide groups is 1. The van der Waals surface area contributed by atoms with Gasteiger partial charge in [-0.3, -0.25) is 9.69 Å². The van der Waals surface area contributed by atoms with Crippen LogP contribution in [-0.4, -0.2) is 43.6 Å². The second kappa shape index (κ2) is 8.87. The molecule has 154 valence electrons. The van der Waals surface area contributed by atoms with Crippen LogP contribution in [0.1, 0.15) is 21.9 Å². The molecule has 0 spiro atoms. The molecule has 9 heteroatoms. The van der Waals surface area contributed by atoms with Gasteiger partial charge in [0.2, 0.25) is 5.76 Å². The molecule has 1 N–H and O–H groups in total. The molecule has 1 saturated heterocycles. The van der Waals surface area contributed by atoms with Gasteiger partial charge in [0.1, 0.15) is 18.1 Å². The monoisotopic (exact) mass is 410 g/mol. The van der Waals surface area contributed by atoms with Gasteiger partial charge >= 0.3 is 12.0 Å². The van der Waals surface area contributed by atoms with Gasteiger partial charge in [0, 0.05) is 0 Å². The topological polar surface area (TPSA) is 107 Å². The zero-order chi connectivity index (χ0) is 21.7. The average molecular weight is 410 g/mol. The van der Waals surface area contributed by atoms with Crippen LogP contribution < -0.4 is 14.8 Å². The number of nitrogens with zero attached hydrogens (tertiary/aromatic N) is 1. The Hall–Kier alpha value is -4.19. The van der Waals surface area contributed by atoms with E-state index >= 15 is 0 Å². The molecule has 3 rings (SSSR count). The summed E-state index contributed by atoms with van der Waals surface area (Å²) < 4.78 is 20.5. The molecule has 0 aliphatic carbocycles. The Morgan fingerprint density at radius 2 is 2.03 bits per heavy atom. The van der Waals surface area contributed by atoms with Crippen molar-refractivity contribution in [3.05, 3.63) is 53.1 Å². The number of hydrogen-bond donors (Lipinski definition) is 1. The maximum Gasteiger partial charge on any atom is 0.373 e. The number of amides is 3. The molecule has 0 unspecified atom stereocenters. The van der Waals surface area contributed by atoms with Gasteiger partial charge in [-0.2, -0.15) is 0 Å². The quantitative estimate of drug-likeness (QED) is 0.323.